The molecule has 0 saturated heterocycles. The lowest BCUT2D eigenvalue weighted by Crippen LogP contribution is -2.01. The van der Waals surface area contributed by atoms with Gasteiger partial charge in [0.15, 0.2) is 5.65 Å². The Bertz CT molecular complexity index is 1070. The number of nitriles is 1. The molecule has 0 atom stereocenters. The minimum atomic E-state index is 0.584. The van der Waals surface area contributed by atoms with Gasteiger partial charge in [-0.1, -0.05) is 60.7 Å². The Morgan fingerprint density at radius 2 is 1.60 bits per heavy atom. The van der Waals surface area contributed by atoms with E-state index in [1.54, 1.807) is 0 Å². The minimum absolute atomic E-state index is 0.584. The molecule has 0 radical (unpaired) electrons. The zero-order valence-corrected chi connectivity index (χ0v) is 13.8. The van der Waals surface area contributed by atoms with Crippen LogP contribution in [0.2, 0.25) is 0 Å². The number of aromatic nitrogens is 3. The molecule has 0 unspecified atom stereocenters. The Kier molecular flexibility index (Phi) is 3.75. The fourth-order valence-electron chi connectivity index (χ4n) is 3.14. The summed E-state index contributed by atoms with van der Waals surface area (Å²) in [6, 6.07) is 22.2. The maximum atomic E-state index is 9.93. The summed E-state index contributed by atoms with van der Waals surface area (Å²) in [7, 11) is 0. The van der Waals surface area contributed by atoms with Crippen LogP contribution < -0.4 is 0 Å². The second kappa shape index (κ2) is 6.21. The number of aryl methyl sites for hydroxylation is 1. The van der Waals surface area contributed by atoms with Gasteiger partial charge in [0.05, 0.1) is 17.5 Å². The number of benzene rings is 2. The predicted octanol–water partition coefficient (Wildman–Crippen LogP) is 4.66. The molecule has 4 rings (SSSR count). The van der Waals surface area contributed by atoms with Crippen molar-refractivity contribution in [3.05, 3.63) is 72.4 Å². The van der Waals surface area contributed by atoms with Crippen LogP contribution in [0.25, 0.3) is 33.4 Å². The first-order chi connectivity index (χ1) is 12.3. The number of hydrogen-bond donors (Lipinski definition) is 0. The normalized spacial score (nSPS) is 10.7. The molecule has 0 bridgehead atoms. The van der Waals surface area contributed by atoms with Gasteiger partial charge < -0.3 is 0 Å². The highest BCUT2D eigenvalue weighted by Crippen LogP contribution is 2.36. The molecule has 4 nitrogen and oxygen atoms in total. The average Bonchev–Trinajstić information content (AvgIpc) is 3.10. The molecule has 25 heavy (non-hydrogen) atoms. The maximum absolute atomic E-state index is 9.93. The molecule has 2 aromatic heterocycles. The van der Waals surface area contributed by atoms with Crippen LogP contribution in [0, 0.1) is 11.3 Å². The topological polar surface area (TPSA) is 54.5 Å². The van der Waals surface area contributed by atoms with Crippen LogP contribution >= 0.6 is 0 Å². The Morgan fingerprint density at radius 1 is 0.960 bits per heavy atom. The molecule has 0 saturated carbocycles. The first kappa shape index (κ1) is 15.1. The van der Waals surface area contributed by atoms with Crippen molar-refractivity contribution in [2.24, 2.45) is 0 Å². The van der Waals surface area contributed by atoms with E-state index in [4.69, 9.17) is 4.98 Å². The maximum Gasteiger partial charge on any atom is 0.159 e. The van der Waals surface area contributed by atoms with Gasteiger partial charge in [-0.3, -0.25) is 0 Å². The van der Waals surface area contributed by atoms with Crippen LogP contribution in [0.1, 0.15) is 12.5 Å². The smallest absolute Gasteiger partial charge is 0.159 e. The van der Waals surface area contributed by atoms with Crippen LogP contribution in [0.15, 0.2) is 66.9 Å². The first-order valence-electron chi connectivity index (χ1n) is 8.24. The summed E-state index contributed by atoms with van der Waals surface area (Å²) in [6.07, 6.45) is 1.81. The number of nitrogens with zero attached hydrogens (tertiary/aromatic N) is 4. The van der Waals surface area contributed by atoms with Gasteiger partial charge in [-0.05, 0) is 12.5 Å². The molecule has 4 aromatic rings. The van der Waals surface area contributed by atoms with Crippen molar-refractivity contribution in [1.82, 2.24) is 14.8 Å². The van der Waals surface area contributed by atoms with Crippen molar-refractivity contribution >= 4 is 11.0 Å². The average molecular weight is 324 g/mol. The van der Waals surface area contributed by atoms with Crippen molar-refractivity contribution in [3.8, 4) is 28.5 Å². The first-order valence-corrected chi connectivity index (χ1v) is 8.24. The van der Waals surface area contributed by atoms with Gasteiger partial charge in [0.1, 0.15) is 6.07 Å². The van der Waals surface area contributed by atoms with Gasteiger partial charge in [-0.25, -0.2) is 9.67 Å². The van der Waals surface area contributed by atoms with Crippen LogP contribution in [0.3, 0.4) is 0 Å². The number of fused-ring (bicyclic) bond motifs is 1. The Balaban J connectivity index is 2.15. The van der Waals surface area contributed by atoms with Crippen molar-refractivity contribution < 1.29 is 0 Å². The molecule has 0 aliphatic rings. The third-order valence-electron chi connectivity index (χ3n) is 4.31. The van der Waals surface area contributed by atoms with Gasteiger partial charge in [0.25, 0.3) is 0 Å². The van der Waals surface area contributed by atoms with E-state index in [0.717, 1.165) is 34.3 Å². The summed E-state index contributed by atoms with van der Waals surface area (Å²) in [6.45, 7) is 2.77. The lowest BCUT2D eigenvalue weighted by Gasteiger charge is -2.12. The predicted molar refractivity (Wildman–Crippen MR) is 98.8 cm³/mol. The highest BCUT2D eigenvalue weighted by molar-refractivity contribution is 5.99. The number of rotatable bonds is 3. The third-order valence-corrected chi connectivity index (χ3v) is 4.31. The molecule has 0 aliphatic carbocycles. The third kappa shape index (κ3) is 2.47. The van der Waals surface area contributed by atoms with E-state index in [-0.39, 0.29) is 0 Å². The monoisotopic (exact) mass is 324 g/mol. The Hall–Kier alpha value is -3.45. The van der Waals surface area contributed by atoms with Gasteiger partial charge in [0.2, 0.25) is 0 Å². The SMILES string of the molecule is CCn1ncc2c(-c3ccccc3)c(C#N)c(-c3ccccc3)nc21. The summed E-state index contributed by atoms with van der Waals surface area (Å²) in [5.74, 6) is 0. The summed E-state index contributed by atoms with van der Waals surface area (Å²) < 4.78 is 1.87. The van der Waals surface area contributed by atoms with Crippen molar-refractivity contribution in [1.29, 1.82) is 5.26 Å². The second-order valence-corrected chi connectivity index (χ2v) is 5.75. The highest BCUT2D eigenvalue weighted by atomic mass is 15.3. The molecule has 0 aliphatic heterocycles. The van der Waals surface area contributed by atoms with E-state index in [2.05, 4.69) is 11.2 Å². The van der Waals surface area contributed by atoms with Crippen LogP contribution in [0.4, 0.5) is 0 Å². The molecular weight excluding hydrogens is 308 g/mol. The zero-order valence-electron chi connectivity index (χ0n) is 13.8. The minimum Gasteiger partial charge on any atom is -0.248 e. The summed E-state index contributed by atoms with van der Waals surface area (Å²) in [5.41, 5.74) is 4.91. The van der Waals surface area contributed by atoms with Crippen LogP contribution in [0.5, 0.6) is 0 Å². The zero-order chi connectivity index (χ0) is 17.2. The van der Waals surface area contributed by atoms with Crippen molar-refractivity contribution in [2.75, 3.05) is 0 Å². The molecule has 2 heterocycles. The van der Waals surface area contributed by atoms with E-state index in [1.165, 1.54) is 0 Å². The molecule has 4 heteroatoms. The van der Waals surface area contributed by atoms with Crippen LogP contribution in [-0.4, -0.2) is 14.8 Å². The van der Waals surface area contributed by atoms with E-state index in [0.29, 0.717) is 11.3 Å². The Labute approximate surface area is 146 Å². The van der Waals surface area contributed by atoms with Crippen LogP contribution in [-0.2, 0) is 6.54 Å². The highest BCUT2D eigenvalue weighted by Gasteiger charge is 2.20. The number of hydrogen-bond acceptors (Lipinski definition) is 3. The van der Waals surface area contributed by atoms with Crippen molar-refractivity contribution in [2.45, 2.75) is 13.5 Å². The summed E-state index contributed by atoms with van der Waals surface area (Å²) >= 11 is 0. The quantitative estimate of drug-likeness (QED) is 0.551. The Morgan fingerprint density at radius 3 is 2.20 bits per heavy atom. The molecular formula is C21H16N4. The van der Waals surface area contributed by atoms with Crippen molar-refractivity contribution in [3.63, 3.8) is 0 Å². The second-order valence-electron chi connectivity index (χ2n) is 5.75. The van der Waals surface area contributed by atoms with Gasteiger partial charge in [-0.15, -0.1) is 0 Å². The number of pyridine rings is 1. The molecule has 0 spiro atoms. The molecule has 0 N–H and O–H groups in total. The van der Waals surface area contributed by atoms with Gasteiger partial charge in [0, 0.05) is 23.1 Å². The largest absolute Gasteiger partial charge is 0.248 e. The fourth-order valence-corrected chi connectivity index (χ4v) is 3.14. The van der Waals surface area contributed by atoms with E-state index < -0.39 is 0 Å². The summed E-state index contributed by atoms with van der Waals surface area (Å²) in [4.78, 5) is 4.81. The van der Waals surface area contributed by atoms with E-state index >= 15 is 0 Å². The summed E-state index contributed by atoms with van der Waals surface area (Å²) in [5, 5.41) is 15.3. The van der Waals surface area contributed by atoms with Gasteiger partial charge >= 0.3 is 0 Å². The molecule has 0 amide bonds. The van der Waals surface area contributed by atoms with Gasteiger partial charge in [-0.2, -0.15) is 10.4 Å². The van der Waals surface area contributed by atoms with E-state index in [1.807, 2.05) is 78.5 Å². The molecule has 120 valence electrons. The van der Waals surface area contributed by atoms with E-state index in [9.17, 15) is 5.26 Å². The standard InChI is InChI=1S/C21H16N4/c1-2-25-21-18(14-23-25)19(15-9-5-3-6-10-15)17(13-22)20(24-21)16-11-7-4-8-12-16/h3-12,14H,2H2,1H3. The fraction of sp³-hybridized carbons (Fsp3) is 0.0952. The lowest BCUT2D eigenvalue weighted by molar-refractivity contribution is 0.677. The molecule has 2 aromatic carbocycles. The lowest BCUT2D eigenvalue weighted by atomic mass is 9.94. The molecule has 0 fully saturated rings.